The molecule has 1 fully saturated rings. The first-order valence-corrected chi connectivity index (χ1v) is 8.58. The number of nitrogens with zero attached hydrogens (tertiary/aromatic N) is 1. The van der Waals surface area contributed by atoms with E-state index < -0.39 is 0 Å². The molecule has 3 unspecified atom stereocenters. The van der Waals surface area contributed by atoms with Crippen LogP contribution in [0.3, 0.4) is 0 Å². The summed E-state index contributed by atoms with van der Waals surface area (Å²) < 4.78 is 6.58. The highest BCUT2D eigenvalue weighted by molar-refractivity contribution is 5.55. The zero-order valence-electron chi connectivity index (χ0n) is 13.6. The van der Waals surface area contributed by atoms with Crippen LogP contribution in [-0.2, 0) is 12.0 Å². The molecule has 0 amide bonds. The quantitative estimate of drug-likeness (QED) is 0.713. The Morgan fingerprint density at radius 3 is 3.00 bits per heavy atom. The first-order chi connectivity index (χ1) is 10.1. The summed E-state index contributed by atoms with van der Waals surface area (Å²) in [7, 11) is 2.26. The van der Waals surface area contributed by atoms with Gasteiger partial charge in [-0.3, -0.25) is 0 Å². The second kappa shape index (κ2) is 4.74. The van der Waals surface area contributed by atoms with Gasteiger partial charge in [0.25, 0.3) is 0 Å². The molecule has 0 N–H and O–H groups in total. The van der Waals surface area contributed by atoms with Crippen molar-refractivity contribution in [2.45, 2.75) is 64.0 Å². The van der Waals surface area contributed by atoms with Gasteiger partial charge in [0.05, 0.1) is 0 Å². The standard InChI is InChI=1S/C19H27NO/c1-13-5-4-8-19-9-10-20(3)12-15-7-6-14(2)18(17(15)19)21-16(19)11-13/h6-7,13,16H,4-5,8-12H2,1-3H3. The van der Waals surface area contributed by atoms with Crippen LogP contribution in [0.2, 0.25) is 0 Å². The van der Waals surface area contributed by atoms with Gasteiger partial charge in [-0.2, -0.15) is 0 Å². The van der Waals surface area contributed by atoms with Gasteiger partial charge in [-0.1, -0.05) is 31.9 Å². The normalized spacial score (nSPS) is 35.4. The smallest absolute Gasteiger partial charge is 0.126 e. The number of hydrogen-bond donors (Lipinski definition) is 0. The van der Waals surface area contributed by atoms with Crippen molar-refractivity contribution < 1.29 is 4.74 Å². The molecule has 3 aliphatic rings. The Bertz CT molecular complexity index is 567. The molecule has 1 saturated carbocycles. The Balaban J connectivity index is 1.90. The van der Waals surface area contributed by atoms with Crippen molar-refractivity contribution >= 4 is 0 Å². The molecule has 1 aliphatic carbocycles. The second-order valence-electron chi connectivity index (χ2n) is 7.73. The van der Waals surface area contributed by atoms with E-state index in [2.05, 4.69) is 37.9 Å². The van der Waals surface area contributed by atoms with E-state index in [1.165, 1.54) is 55.5 Å². The number of hydrogen-bond acceptors (Lipinski definition) is 2. The summed E-state index contributed by atoms with van der Waals surface area (Å²) in [4.78, 5) is 2.49. The predicted octanol–water partition coefficient (Wildman–Crippen LogP) is 4.04. The molecule has 4 rings (SSSR count). The minimum atomic E-state index is 0.298. The van der Waals surface area contributed by atoms with E-state index >= 15 is 0 Å². The third kappa shape index (κ3) is 1.95. The lowest BCUT2D eigenvalue weighted by Crippen LogP contribution is -2.39. The lowest BCUT2D eigenvalue weighted by molar-refractivity contribution is 0.114. The lowest BCUT2D eigenvalue weighted by Gasteiger charge is -2.33. The monoisotopic (exact) mass is 285 g/mol. The van der Waals surface area contributed by atoms with Gasteiger partial charge in [-0.25, -0.2) is 0 Å². The maximum absolute atomic E-state index is 6.58. The van der Waals surface area contributed by atoms with Crippen molar-refractivity contribution in [3.8, 4) is 5.75 Å². The molecule has 2 aliphatic heterocycles. The number of ether oxygens (including phenoxy) is 1. The number of aryl methyl sites for hydroxylation is 1. The second-order valence-corrected chi connectivity index (χ2v) is 7.73. The van der Waals surface area contributed by atoms with Crippen LogP contribution in [0.15, 0.2) is 12.1 Å². The lowest BCUT2D eigenvalue weighted by atomic mass is 9.70. The van der Waals surface area contributed by atoms with E-state index in [0.717, 1.165) is 12.5 Å². The van der Waals surface area contributed by atoms with Crippen LogP contribution in [0, 0.1) is 12.8 Å². The highest BCUT2D eigenvalue weighted by atomic mass is 16.5. The van der Waals surface area contributed by atoms with E-state index in [1.54, 1.807) is 5.56 Å². The van der Waals surface area contributed by atoms with Crippen LogP contribution in [0.1, 0.15) is 55.7 Å². The highest BCUT2D eigenvalue weighted by Crippen LogP contribution is 2.55. The van der Waals surface area contributed by atoms with Crippen LogP contribution >= 0.6 is 0 Å². The topological polar surface area (TPSA) is 12.5 Å². The Hall–Kier alpha value is -1.02. The average molecular weight is 285 g/mol. The Kier molecular flexibility index (Phi) is 3.08. The van der Waals surface area contributed by atoms with Crippen molar-refractivity contribution in [3.63, 3.8) is 0 Å². The van der Waals surface area contributed by atoms with Crippen molar-refractivity contribution in [3.05, 3.63) is 28.8 Å². The average Bonchev–Trinajstić information content (AvgIpc) is 2.57. The zero-order chi connectivity index (χ0) is 14.6. The van der Waals surface area contributed by atoms with E-state index in [-0.39, 0.29) is 0 Å². The van der Waals surface area contributed by atoms with Gasteiger partial charge in [0.2, 0.25) is 0 Å². The van der Waals surface area contributed by atoms with E-state index in [9.17, 15) is 0 Å². The van der Waals surface area contributed by atoms with Gasteiger partial charge in [-0.05, 0) is 56.8 Å². The SMILES string of the molecule is Cc1ccc2c3c1OC1CC(C)CCCC31CCN(C)C2. The molecule has 114 valence electrons. The summed E-state index contributed by atoms with van der Waals surface area (Å²) in [6, 6.07) is 4.62. The van der Waals surface area contributed by atoms with Crippen molar-refractivity contribution in [2.75, 3.05) is 13.6 Å². The molecule has 1 spiro atoms. The fraction of sp³-hybridized carbons (Fsp3) is 0.684. The maximum atomic E-state index is 6.58. The van der Waals surface area contributed by atoms with Gasteiger partial charge in [-0.15, -0.1) is 0 Å². The molecule has 2 heteroatoms. The predicted molar refractivity (Wildman–Crippen MR) is 85.9 cm³/mol. The van der Waals surface area contributed by atoms with Crippen molar-refractivity contribution in [2.24, 2.45) is 5.92 Å². The third-order valence-corrected chi connectivity index (χ3v) is 6.13. The van der Waals surface area contributed by atoms with Crippen LogP contribution in [0.25, 0.3) is 0 Å². The van der Waals surface area contributed by atoms with Crippen molar-refractivity contribution in [1.29, 1.82) is 0 Å². The first kappa shape index (κ1) is 13.6. The fourth-order valence-electron chi connectivity index (χ4n) is 4.95. The van der Waals surface area contributed by atoms with E-state index in [0.29, 0.717) is 11.5 Å². The van der Waals surface area contributed by atoms with Gasteiger partial charge in [0, 0.05) is 17.5 Å². The van der Waals surface area contributed by atoms with Gasteiger partial charge in [0.1, 0.15) is 11.9 Å². The summed E-state index contributed by atoms with van der Waals surface area (Å²) in [6.07, 6.45) is 6.96. The largest absolute Gasteiger partial charge is 0.489 e. The first-order valence-electron chi connectivity index (χ1n) is 8.58. The molecule has 1 aromatic rings. The summed E-state index contributed by atoms with van der Waals surface area (Å²) in [6.45, 7) is 6.89. The van der Waals surface area contributed by atoms with Crippen LogP contribution < -0.4 is 4.74 Å². The molecular weight excluding hydrogens is 258 g/mol. The maximum Gasteiger partial charge on any atom is 0.126 e. The fourth-order valence-corrected chi connectivity index (χ4v) is 4.95. The Morgan fingerprint density at radius 1 is 1.29 bits per heavy atom. The molecule has 0 bridgehead atoms. The summed E-state index contributed by atoms with van der Waals surface area (Å²) in [5, 5.41) is 0. The Morgan fingerprint density at radius 2 is 2.14 bits per heavy atom. The number of rotatable bonds is 0. The highest BCUT2D eigenvalue weighted by Gasteiger charge is 2.52. The molecule has 2 nitrogen and oxygen atoms in total. The summed E-state index contributed by atoms with van der Waals surface area (Å²) in [5.41, 5.74) is 4.74. The Labute approximate surface area is 128 Å². The molecule has 0 aromatic heterocycles. The molecule has 2 heterocycles. The van der Waals surface area contributed by atoms with Crippen LogP contribution in [-0.4, -0.2) is 24.6 Å². The summed E-state index contributed by atoms with van der Waals surface area (Å²) in [5.74, 6) is 2.04. The van der Waals surface area contributed by atoms with Gasteiger partial charge >= 0.3 is 0 Å². The molecule has 3 atom stereocenters. The van der Waals surface area contributed by atoms with Crippen LogP contribution in [0.5, 0.6) is 5.75 Å². The summed E-state index contributed by atoms with van der Waals surface area (Å²) >= 11 is 0. The third-order valence-electron chi connectivity index (χ3n) is 6.13. The molecule has 0 radical (unpaired) electrons. The zero-order valence-corrected chi connectivity index (χ0v) is 13.6. The van der Waals surface area contributed by atoms with Crippen LogP contribution in [0.4, 0.5) is 0 Å². The molecule has 0 saturated heterocycles. The number of benzene rings is 1. The molecule has 21 heavy (non-hydrogen) atoms. The molecule has 1 aromatic carbocycles. The van der Waals surface area contributed by atoms with Gasteiger partial charge < -0.3 is 9.64 Å². The minimum Gasteiger partial charge on any atom is -0.489 e. The van der Waals surface area contributed by atoms with Crippen molar-refractivity contribution in [1.82, 2.24) is 4.90 Å². The van der Waals surface area contributed by atoms with E-state index in [4.69, 9.17) is 4.74 Å². The molecular formula is C19H27NO. The van der Waals surface area contributed by atoms with E-state index in [1.807, 2.05) is 0 Å². The van der Waals surface area contributed by atoms with Gasteiger partial charge in [0.15, 0.2) is 0 Å². The minimum absolute atomic E-state index is 0.298.